The Hall–Kier alpha value is -2.17. The van der Waals surface area contributed by atoms with E-state index in [1.54, 1.807) is 4.68 Å². The van der Waals surface area contributed by atoms with Gasteiger partial charge in [0.05, 0.1) is 11.9 Å². The molecule has 0 atom stereocenters. The molecule has 5 heteroatoms. The normalized spacial score (nSPS) is 15.2. The van der Waals surface area contributed by atoms with Gasteiger partial charge >= 0.3 is 5.97 Å². The van der Waals surface area contributed by atoms with Gasteiger partial charge in [-0.15, -0.1) is 0 Å². The van der Waals surface area contributed by atoms with Crippen molar-refractivity contribution in [1.82, 2.24) is 9.78 Å². The summed E-state index contributed by atoms with van der Waals surface area (Å²) in [5.74, 6) is -0.454. The largest absolute Gasteiger partial charge is 0.481 e. The quantitative estimate of drug-likeness (QED) is 0.942. The second-order valence-electron chi connectivity index (χ2n) is 6.29. The monoisotopic (exact) mass is 300 g/mol. The van der Waals surface area contributed by atoms with Crippen molar-refractivity contribution in [3.05, 3.63) is 39.7 Å². The predicted molar refractivity (Wildman–Crippen MR) is 84.3 cm³/mol. The van der Waals surface area contributed by atoms with E-state index in [1.807, 2.05) is 26.0 Å². The summed E-state index contributed by atoms with van der Waals surface area (Å²) in [4.78, 5) is 23.4. The Morgan fingerprint density at radius 1 is 1.41 bits per heavy atom. The van der Waals surface area contributed by atoms with Gasteiger partial charge in [-0.3, -0.25) is 14.3 Å². The highest BCUT2D eigenvalue weighted by atomic mass is 16.4. The van der Waals surface area contributed by atoms with Gasteiger partial charge in [-0.1, -0.05) is 12.5 Å². The predicted octanol–water partition coefficient (Wildman–Crippen LogP) is 2.87. The van der Waals surface area contributed by atoms with E-state index < -0.39 is 5.97 Å². The van der Waals surface area contributed by atoms with Gasteiger partial charge in [0.2, 0.25) is 5.43 Å². The second-order valence-corrected chi connectivity index (χ2v) is 6.29. The first-order chi connectivity index (χ1) is 10.5. The van der Waals surface area contributed by atoms with E-state index in [0.29, 0.717) is 11.3 Å². The van der Waals surface area contributed by atoms with Gasteiger partial charge in [0, 0.05) is 11.4 Å². The van der Waals surface area contributed by atoms with E-state index in [2.05, 4.69) is 11.2 Å². The first kappa shape index (κ1) is 14.8. The minimum Gasteiger partial charge on any atom is -0.481 e. The molecule has 116 valence electrons. The SMILES string of the molecule is CC(C)n1nc(CC(=O)O)c(=O)c2ccc(C3CCC3)cc21. The van der Waals surface area contributed by atoms with Crippen molar-refractivity contribution in [3.63, 3.8) is 0 Å². The van der Waals surface area contributed by atoms with Crippen LogP contribution in [0.25, 0.3) is 10.9 Å². The van der Waals surface area contributed by atoms with Crippen molar-refractivity contribution >= 4 is 16.9 Å². The molecule has 0 spiro atoms. The number of fused-ring (bicyclic) bond motifs is 1. The molecular weight excluding hydrogens is 280 g/mol. The van der Waals surface area contributed by atoms with Crippen LogP contribution >= 0.6 is 0 Å². The minimum absolute atomic E-state index is 0.0623. The van der Waals surface area contributed by atoms with Gasteiger partial charge in [0.25, 0.3) is 0 Å². The molecule has 2 aromatic rings. The topological polar surface area (TPSA) is 72.2 Å². The highest BCUT2D eigenvalue weighted by Crippen LogP contribution is 2.37. The molecule has 1 aliphatic rings. The van der Waals surface area contributed by atoms with Crippen molar-refractivity contribution in [2.75, 3.05) is 0 Å². The van der Waals surface area contributed by atoms with Gasteiger partial charge in [0.15, 0.2) is 0 Å². The molecule has 0 bridgehead atoms. The lowest BCUT2D eigenvalue weighted by atomic mass is 9.80. The number of nitrogens with zero attached hydrogens (tertiary/aromatic N) is 2. The molecule has 0 saturated heterocycles. The summed E-state index contributed by atoms with van der Waals surface area (Å²) < 4.78 is 1.77. The summed E-state index contributed by atoms with van der Waals surface area (Å²) >= 11 is 0. The van der Waals surface area contributed by atoms with Crippen LogP contribution < -0.4 is 5.43 Å². The van der Waals surface area contributed by atoms with Crippen molar-refractivity contribution < 1.29 is 9.90 Å². The Morgan fingerprint density at radius 3 is 2.68 bits per heavy atom. The lowest BCUT2D eigenvalue weighted by molar-refractivity contribution is -0.136. The van der Waals surface area contributed by atoms with E-state index in [-0.39, 0.29) is 23.6 Å². The molecule has 1 saturated carbocycles. The number of benzene rings is 1. The van der Waals surface area contributed by atoms with Crippen LogP contribution in [0.2, 0.25) is 0 Å². The fraction of sp³-hybridized carbons (Fsp3) is 0.471. The third kappa shape index (κ3) is 2.51. The smallest absolute Gasteiger partial charge is 0.309 e. The first-order valence-corrected chi connectivity index (χ1v) is 7.74. The molecule has 1 aromatic heterocycles. The van der Waals surface area contributed by atoms with E-state index >= 15 is 0 Å². The van der Waals surface area contributed by atoms with Crippen LogP contribution in [0.5, 0.6) is 0 Å². The molecule has 5 nitrogen and oxygen atoms in total. The van der Waals surface area contributed by atoms with Crippen LogP contribution in [0.1, 0.15) is 56.3 Å². The number of aliphatic carboxylic acids is 1. The van der Waals surface area contributed by atoms with Gasteiger partial charge in [-0.05, 0) is 50.3 Å². The zero-order valence-electron chi connectivity index (χ0n) is 12.9. The number of hydrogen-bond donors (Lipinski definition) is 1. The molecular formula is C17H20N2O3. The summed E-state index contributed by atoms with van der Waals surface area (Å²) in [6, 6.07) is 5.95. The Morgan fingerprint density at radius 2 is 2.14 bits per heavy atom. The lowest BCUT2D eigenvalue weighted by Crippen LogP contribution is -2.23. The number of aromatic nitrogens is 2. The molecule has 0 amide bonds. The van der Waals surface area contributed by atoms with Crippen LogP contribution in [0.3, 0.4) is 0 Å². The highest BCUT2D eigenvalue weighted by Gasteiger charge is 2.21. The fourth-order valence-electron chi connectivity index (χ4n) is 2.96. The van der Waals surface area contributed by atoms with Crippen molar-refractivity contribution in [3.8, 4) is 0 Å². The molecule has 0 unspecified atom stereocenters. The number of carbonyl (C=O) groups is 1. The van der Waals surface area contributed by atoms with Gasteiger partial charge in [-0.2, -0.15) is 5.10 Å². The zero-order chi connectivity index (χ0) is 15.9. The summed E-state index contributed by atoms with van der Waals surface area (Å²) in [5, 5.41) is 13.8. The van der Waals surface area contributed by atoms with Crippen LogP contribution in [0, 0.1) is 0 Å². The molecule has 3 rings (SSSR count). The van der Waals surface area contributed by atoms with Crippen LogP contribution in [-0.4, -0.2) is 20.9 Å². The standard InChI is InChI=1S/C17H20N2O3/c1-10(2)19-15-8-12(11-4-3-5-11)6-7-13(15)17(22)14(18-19)9-16(20)21/h6-8,10-11H,3-5,9H2,1-2H3,(H,20,21). The number of hydrogen-bond acceptors (Lipinski definition) is 3. The highest BCUT2D eigenvalue weighted by molar-refractivity contribution is 5.81. The summed E-state index contributed by atoms with van der Waals surface area (Å²) in [6.07, 6.45) is 3.31. The third-order valence-corrected chi connectivity index (χ3v) is 4.39. The summed E-state index contributed by atoms with van der Waals surface area (Å²) in [7, 11) is 0. The van der Waals surface area contributed by atoms with Crippen LogP contribution in [0.15, 0.2) is 23.0 Å². The zero-order valence-corrected chi connectivity index (χ0v) is 12.9. The maximum Gasteiger partial charge on any atom is 0.309 e. The molecule has 1 fully saturated rings. The number of carboxylic acid groups (broad SMARTS) is 1. The molecule has 1 N–H and O–H groups in total. The van der Waals surface area contributed by atoms with Gasteiger partial charge in [-0.25, -0.2) is 0 Å². The van der Waals surface area contributed by atoms with Gasteiger partial charge in [0.1, 0.15) is 5.69 Å². The molecule has 1 aliphatic carbocycles. The average Bonchev–Trinajstić information content (AvgIpc) is 2.39. The Bertz CT molecular complexity index is 788. The van der Waals surface area contributed by atoms with E-state index in [9.17, 15) is 9.59 Å². The Labute approximate surface area is 128 Å². The van der Waals surface area contributed by atoms with E-state index in [1.165, 1.54) is 24.8 Å². The Balaban J connectivity index is 2.21. The number of carboxylic acids is 1. The molecule has 1 aromatic carbocycles. The molecule has 22 heavy (non-hydrogen) atoms. The van der Waals surface area contributed by atoms with Crippen molar-refractivity contribution in [2.24, 2.45) is 0 Å². The second kappa shape index (κ2) is 5.55. The van der Waals surface area contributed by atoms with Gasteiger partial charge < -0.3 is 5.11 Å². The molecule has 0 radical (unpaired) electrons. The van der Waals surface area contributed by atoms with Crippen molar-refractivity contribution in [1.29, 1.82) is 0 Å². The minimum atomic E-state index is -1.04. The van der Waals surface area contributed by atoms with E-state index in [0.717, 1.165) is 5.52 Å². The van der Waals surface area contributed by atoms with Crippen LogP contribution in [-0.2, 0) is 11.2 Å². The first-order valence-electron chi connectivity index (χ1n) is 7.74. The average molecular weight is 300 g/mol. The molecule has 0 aliphatic heterocycles. The fourth-order valence-corrected chi connectivity index (χ4v) is 2.96. The third-order valence-electron chi connectivity index (χ3n) is 4.39. The lowest BCUT2D eigenvalue weighted by Gasteiger charge is -2.26. The Kier molecular flexibility index (Phi) is 3.72. The maximum absolute atomic E-state index is 12.5. The van der Waals surface area contributed by atoms with Crippen molar-refractivity contribution in [2.45, 2.75) is 51.5 Å². The summed E-state index contributed by atoms with van der Waals surface area (Å²) in [5.41, 5.74) is 1.89. The molecule has 1 heterocycles. The van der Waals surface area contributed by atoms with E-state index in [4.69, 9.17) is 5.11 Å². The maximum atomic E-state index is 12.5. The number of rotatable bonds is 4. The van der Waals surface area contributed by atoms with Crippen LogP contribution in [0.4, 0.5) is 0 Å². The summed E-state index contributed by atoms with van der Waals surface area (Å²) in [6.45, 7) is 3.97.